The van der Waals surface area contributed by atoms with Gasteiger partial charge >= 0.3 is 5.97 Å². The third-order valence-corrected chi connectivity index (χ3v) is 2.63. The number of hydrogen-bond donors (Lipinski definition) is 0. The number of esters is 1. The van der Waals surface area contributed by atoms with Crippen LogP contribution < -0.4 is 4.74 Å². The van der Waals surface area contributed by atoms with E-state index in [0.717, 1.165) is 11.3 Å². The predicted molar refractivity (Wildman–Crippen MR) is 67.2 cm³/mol. The zero-order chi connectivity index (χ0) is 12.8. The van der Waals surface area contributed by atoms with Crippen molar-refractivity contribution in [2.24, 2.45) is 5.92 Å². The fraction of sp³-hybridized carbons (Fsp3) is 0.500. The zero-order valence-electron chi connectivity index (χ0n) is 10.9. The summed E-state index contributed by atoms with van der Waals surface area (Å²) in [5.41, 5.74) is 1.16. The Morgan fingerprint density at radius 1 is 1.24 bits per heavy atom. The minimum atomic E-state index is -0.250. The standard InChI is InChI=1S/C14H20O3/c1-10(2)12-7-5-6-8-13(12)17-9-11(3)14(15)16-4/h5-8,10-11H,9H2,1-4H3. The van der Waals surface area contributed by atoms with Gasteiger partial charge in [0, 0.05) is 0 Å². The molecule has 0 spiro atoms. The SMILES string of the molecule is COC(=O)C(C)COc1ccccc1C(C)C. The van der Waals surface area contributed by atoms with Crippen LogP contribution in [0.15, 0.2) is 24.3 Å². The van der Waals surface area contributed by atoms with Gasteiger partial charge in [-0.2, -0.15) is 0 Å². The van der Waals surface area contributed by atoms with E-state index in [1.165, 1.54) is 7.11 Å². The van der Waals surface area contributed by atoms with Crippen LogP contribution >= 0.6 is 0 Å². The van der Waals surface area contributed by atoms with Crippen molar-refractivity contribution in [1.29, 1.82) is 0 Å². The number of carbonyl (C=O) groups excluding carboxylic acids is 1. The van der Waals surface area contributed by atoms with Gasteiger partial charge in [0.1, 0.15) is 12.4 Å². The Labute approximate surface area is 103 Å². The molecular formula is C14H20O3. The summed E-state index contributed by atoms with van der Waals surface area (Å²) < 4.78 is 10.3. The minimum Gasteiger partial charge on any atom is -0.492 e. The summed E-state index contributed by atoms with van der Waals surface area (Å²) in [4.78, 5) is 11.2. The first kappa shape index (κ1) is 13.6. The maximum Gasteiger partial charge on any atom is 0.311 e. The number of methoxy groups -OCH3 is 1. The highest BCUT2D eigenvalue weighted by Gasteiger charge is 2.15. The molecule has 1 rings (SSSR count). The first-order valence-electron chi connectivity index (χ1n) is 5.85. The quantitative estimate of drug-likeness (QED) is 0.737. The van der Waals surface area contributed by atoms with E-state index in [1.807, 2.05) is 24.3 Å². The average Bonchev–Trinajstić information content (AvgIpc) is 2.35. The summed E-state index contributed by atoms with van der Waals surface area (Å²) in [6.07, 6.45) is 0. The van der Waals surface area contributed by atoms with Crippen LogP contribution in [0, 0.1) is 5.92 Å². The van der Waals surface area contributed by atoms with Crippen molar-refractivity contribution in [2.75, 3.05) is 13.7 Å². The lowest BCUT2D eigenvalue weighted by atomic mass is 10.0. The second kappa shape index (κ2) is 6.28. The number of ether oxygens (including phenoxy) is 2. The van der Waals surface area contributed by atoms with Gasteiger partial charge in [-0.1, -0.05) is 32.0 Å². The van der Waals surface area contributed by atoms with Gasteiger partial charge in [0.05, 0.1) is 13.0 Å². The molecule has 0 fully saturated rings. The Hall–Kier alpha value is -1.51. The fourth-order valence-electron chi connectivity index (χ4n) is 1.57. The van der Waals surface area contributed by atoms with E-state index >= 15 is 0 Å². The molecule has 0 radical (unpaired) electrons. The van der Waals surface area contributed by atoms with Crippen molar-refractivity contribution in [2.45, 2.75) is 26.7 Å². The number of para-hydroxylation sites is 1. The second-order valence-corrected chi connectivity index (χ2v) is 4.43. The molecule has 0 aliphatic carbocycles. The first-order valence-corrected chi connectivity index (χ1v) is 5.85. The molecule has 1 atom stereocenters. The van der Waals surface area contributed by atoms with Crippen molar-refractivity contribution in [3.05, 3.63) is 29.8 Å². The molecule has 1 aromatic carbocycles. The molecule has 0 aliphatic heterocycles. The van der Waals surface area contributed by atoms with Crippen LogP contribution in [-0.2, 0) is 9.53 Å². The summed E-state index contributed by atoms with van der Waals surface area (Å²) in [6.45, 7) is 6.37. The van der Waals surface area contributed by atoms with Crippen LogP contribution in [0.5, 0.6) is 5.75 Å². The van der Waals surface area contributed by atoms with Gasteiger partial charge in [-0.25, -0.2) is 0 Å². The number of benzene rings is 1. The lowest BCUT2D eigenvalue weighted by molar-refractivity contribution is -0.145. The van der Waals surface area contributed by atoms with Crippen LogP contribution in [0.25, 0.3) is 0 Å². The molecular weight excluding hydrogens is 216 g/mol. The topological polar surface area (TPSA) is 35.5 Å². The summed E-state index contributed by atoms with van der Waals surface area (Å²) in [5, 5.41) is 0. The highest BCUT2D eigenvalue weighted by Crippen LogP contribution is 2.26. The largest absolute Gasteiger partial charge is 0.492 e. The van der Waals surface area contributed by atoms with Crippen LogP contribution in [0.4, 0.5) is 0 Å². The maximum atomic E-state index is 11.2. The summed E-state index contributed by atoms with van der Waals surface area (Å²) in [7, 11) is 1.39. The van der Waals surface area contributed by atoms with E-state index in [1.54, 1.807) is 6.92 Å². The molecule has 0 aliphatic rings. The van der Waals surface area contributed by atoms with Gasteiger partial charge in [0.25, 0.3) is 0 Å². The Morgan fingerprint density at radius 3 is 2.47 bits per heavy atom. The molecule has 0 aromatic heterocycles. The van der Waals surface area contributed by atoms with E-state index in [0.29, 0.717) is 12.5 Å². The molecule has 0 saturated heterocycles. The average molecular weight is 236 g/mol. The molecule has 1 aromatic rings. The Morgan fingerprint density at radius 2 is 1.88 bits per heavy atom. The Kier molecular flexibility index (Phi) is 5.01. The molecule has 0 amide bonds. The lowest BCUT2D eigenvalue weighted by Crippen LogP contribution is -2.20. The smallest absolute Gasteiger partial charge is 0.311 e. The molecule has 3 heteroatoms. The number of rotatable bonds is 5. The normalized spacial score (nSPS) is 12.3. The van der Waals surface area contributed by atoms with Crippen LogP contribution in [0.1, 0.15) is 32.3 Å². The van der Waals surface area contributed by atoms with Crippen LogP contribution in [0.2, 0.25) is 0 Å². The second-order valence-electron chi connectivity index (χ2n) is 4.43. The van der Waals surface area contributed by atoms with Crippen molar-refractivity contribution < 1.29 is 14.3 Å². The van der Waals surface area contributed by atoms with Gasteiger partial charge in [0.15, 0.2) is 0 Å². The first-order chi connectivity index (χ1) is 8.06. The van der Waals surface area contributed by atoms with Gasteiger partial charge in [-0.05, 0) is 24.5 Å². The van der Waals surface area contributed by atoms with Crippen molar-refractivity contribution in [3.63, 3.8) is 0 Å². The lowest BCUT2D eigenvalue weighted by Gasteiger charge is -2.15. The van der Waals surface area contributed by atoms with Gasteiger partial charge in [0.2, 0.25) is 0 Å². The van der Waals surface area contributed by atoms with Gasteiger partial charge in [-0.3, -0.25) is 4.79 Å². The summed E-state index contributed by atoms with van der Waals surface area (Å²) >= 11 is 0. The van der Waals surface area contributed by atoms with E-state index in [9.17, 15) is 4.79 Å². The van der Waals surface area contributed by atoms with Crippen LogP contribution in [-0.4, -0.2) is 19.7 Å². The maximum absolute atomic E-state index is 11.2. The molecule has 17 heavy (non-hydrogen) atoms. The third kappa shape index (κ3) is 3.77. The van der Waals surface area contributed by atoms with E-state index in [2.05, 4.69) is 18.6 Å². The number of hydrogen-bond acceptors (Lipinski definition) is 3. The van der Waals surface area contributed by atoms with Crippen LogP contribution in [0.3, 0.4) is 0 Å². The van der Waals surface area contributed by atoms with Crippen molar-refractivity contribution in [1.82, 2.24) is 0 Å². The van der Waals surface area contributed by atoms with E-state index in [-0.39, 0.29) is 11.9 Å². The monoisotopic (exact) mass is 236 g/mol. The molecule has 3 nitrogen and oxygen atoms in total. The third-order valence-electron chi connectivity index (χ3n) is 2.63. The van der Waals surface area contributed by atoms with E-state index in [4.69, 9.17) is 4.74 Å². The predicted octanol–water partition coefficient (Wildman–Crippen LogP) is 3.00. The molecule has 0 N–H and O–H groups in total. The highest BCUT2D eigenvalue weighted by atomic mass is 16.5. The zero-order valence-corrected chi connectivity index (χ0v) is 10.9. The summed E-state index contributed by atoms with van der Waals surface area (Å²) in [6, 6.07) is 7.90. The molecule has 1 unspecified atom stereocenters. The van der Waals surface area contributed by atoms with Crippen molar-refractivity contribution in [3.8, 4) is 5.75 Å². The van der Waals surface area contributed by atoms with E-state index < -0.39 is 0 Å². The molecule has 0 heterocycles. The summed E-state index contributed by atoms with van der Waals surface area (Å²) in [5.74, 6) is 0.755. The molecule has 0 bridgehead atoms. The minimum absolute atomic E-state index is 0.243. The Bertz CT molecular complexity index is 371. The number of carbonyl (C=O) groups is 1. The fourth-order valence-corrected chi connectivity index (χ4v) is 1.57. The molecule has 94 valence electrons. The van der Waals surface area contributed by atoms with Crippen molar-refractivity contribution >= 4 is 5.97 Å². The van der Waals surface area contributed by atoms with Gasteiger partial charge in [-0.15, -0.1) is 0 Å². The molecule has 0 saturated carbocycles. The Balaban J connectivity index is 2.66. The van der Waals surface area contributed by atoms with Gasteiger partial charge < -0.3 is 9.47 Å². The highest BCUT2D eigenvalue weighted by molar-refractivity contribution is 5.71.